The predicted molar refractivity (Wildman–Crippen MR) is 82.9 cm³/mol. The molecule has 2 aromatic carbocycles. The highest BCUT2D eigenvalue weighted by Gasteiger charge is 2.15. The van der Waals surface area contributed by atoms with Crippen LogP contribution in [0.3, 0.4) is 0 Å². The monoisotopic (exact) mass is 355 g/mol. The van der Waals surface area contributed by atoms with Gasteiger partial charge in [0, 0.05) is 10.7 Å². The zero-order valence-electron chi connectivity index (χ0n) is 11.1. The van der Waals surface area contributed by atoms with Crippen LogP contribution in [0.25, 0.3) is 0 Å². The molecule has 0 aromatic heterocycles. The Morgan fingerprint density at radius 2 is 1.85 bits per heavy atom. The van der Waals surface area contributed by atoms with Crippen LogP contribution in [0.4, 0.5) is 5.69 Å². The molecule has 0 radical (unpaired) electrons. The molecule has 0 saturated heterocycles. The molecule has 0 spiro atoms. The van der Waals surface area contributed by atoms with E-state index < -0.39 is 9.84 Å². The lowest BCUT2D eigenvalue weighted by Gasteiger charge is -2.13. The second kappa shape index (κ2) is 5.46. The van der Waals surface area contributed by atoms with Crippen LogP contribution in [0, 0.1) is 6.92 Å². The van der Waals surface area contributed by atoms with Crippen molar-refractivity contribution >= 4 is 31.5 Å². The zero-order chi connectivity index (χ0) is 14.9. The number of ether oxygens (including phenoxy) is 1. The largest absolute Gasteiger partial charge is 0.455 e. The molecule has 106 valence electrons. The molecular formula is C14H14BrNO3S. The normalized spacial score (nSPS) is 11.3. The Hall–Kier alpha value is -1.53. The number of anilines is 1. The summed E-state index contributed by atoms with van der Waals surface area (Å²) in [6.45, 7) is 1.90. The van der Waals surface area contributed by atoms with Gasteiger partial charge < -0.3 is 10.5 Å². The number of nitrogen functional groups attached to an aromatic ring is 1. The minimum Gasteiger partial charge on any atom is -0.455 e. The van der Waals surface area contributed by atoms with E-state index in [4.69, 9.17) is 10.5 Å². The van der Waals surface area contributed by atoms with Crippen LogP contribution in [0.5, 0.6) is 11.5 Å². The Morgan fingerprint density at radius 1 is 1.15 bits per heavy atom. The van der Waals surface area contributed by atoms with E-state index in [0.29, 0.717) is 11.5 Å². The van der Waals surface area contributed by atoms with Crippen molar-refractivity contribution < 1.29 is 13.2 Å². The van der Waals surface area contributed by atoms with E-state index in [2.05, 4.69) is 15.9 Å². The van der Waals surface area contributed by atoms with E-state index in [9.17, 15) is 8.42 Å². The van der Waals surface area contributed by atoms with E-state index in [1.165, 1.54) is 6.07 Å². The van der Waals surface area contributed by atoms with Crippen molar-refractivity contribution in [3.8, 4) is 11.5 Å². The minimum absolute atomic E-state index is 0.0739. The van der Waals surface area contributed by atoms with Crippen LogP contribution in [0.15, 0.2) is 45.8 Å². The highest BCUT2D eigenvalue weighted by molar-refractivity contribution is 9.10. The molecule has 0 amide bonds. The van der Waals surface area contributed by atoms with Gasteiger partial charge in [0.2, 0.25) is 0 Å². The Kier molecular flexibility index (Phi) is 4.06. The maximum atomic E-state index is 11.6. The van der Waals surface area contributed by atoms with Crippen molar-refractivity contribution in [2.45, 2.75) is 11.8 Å². The summed E-state index contributed by atoms with van der Waals surface area (Å²) in [7, 11) is -3.38. The summed E-state index contributed by atoms with van der Waals surface area (Å²) >= 11 is 3.37. The lowest BCUT2D eigenvalue weighted by Crippen LogP contribution is -2.04. The lowest BCUT2D eigenvalue weighted by molar-refractivity contribution is 0.479. The van der Waals surface area contributed by atoms with Gasteiger partial charge in [-0.1, -0.05) is 22.0 Å². The molecule has 0 aliphatic carbocycles. The van der Waals surface area contributed by atoms with Gasteiger partial charge >= 0.3 is 0 Å². The van der Waals surface area contributed by atoms with E-state index in [1.54, 1.807) is 18.2 Å². The van der Waals surface area contributed by atoms with Crippen molar-refractivity contribution in [2.75, 3.05) is 12.0 Å². The predicted octanol–water partition coefficient (Wildman–Crippen LogP) is 3.54. The standard InChI is InChI=1S/C14H14BrNO3S/c1-9-8-10(15)6-7-11(9)19-12-4-3-5-13(14(12)16)20(2,17)18/h3-8H,16H2,1-2H3. The summed E-state index contributed by atoms with van der Waals surface area (Å²) in [6, 6.07) is 10.3. The van der Waals surface area contributed by atoms with Crippen molar-refractivity contribution in [3.05, 3.63) is 46.4 Å². The van der Waals surface area contributed by atoms with Gasteiger partial charge in [-0.15, -0.1) is 0 Å². The maximum absolute atomic E-state index is 11.6. The Labute approximate surface area is 126 Å². The smallest absolute Gasteiger partial charge is 0.177 e. The quantitative estimate of drug-likeness (QED) is 0.854. The number of hydrogen-bond acceptors (Lipinski definition) is 4. The van der Waals surface area contributed by atoms with Crippen LogP contribution in [-0.2, 0) is 9.84 Å². The molecule has 0 aliphatic rings. The molecule has 4 nitrogen and oxygen atoms in total. The molecule has 0 saturated carbocycles. The van der Waals surface area contributed by atoms with Crippen molar-refractivity contribution in [3.63, 3.8) is 0 Å². The Morgan fingerprint density at radius 3 is 2.45 bits per heavy atom. The van der Waals surface area contributed by atoms with Crippen molar-refractivity contribution in [2.24, 2.45) is 0 Å². The van der Waals surface area contributed by atoms with Crippen LogP contribution >= 0.6 is 15.9 Å². The van der Waals surface area contributed by atoms with E-state index in [1.807, 2.05) is 19.1 Å². The molecule has 0 bridgehead atoms. The van der Waals surface area contributed by atoms with E-state index >= 15 is 0 Å². The van der Waals surface area contributed by atoms with Crippen LogP contribution in [0.1, 0.15) is 5.56 Å². The molecule has 6 heteroatoms. The Balaban J connectivity index is 2.45. The average molecular weight is 356 g/mol. The molecule has 0 unspecified atom stereocenters. The highest BCUT2D eigenvalue weighted by Crippen LogP contribution is 2.34. The third kappa shape index (κ3) is 3.13. The second-order valence-corrected chi connectivity index (χ2v) is 7.35. The first kappa shape index (κ1) is 14.9. The maximum Gasteiger partial charge on any atom is 0.177 e. The van der Waals surface area contributed by atoms with Crippen molar-refractivity contribution in [1.29, 1.82) is 0 Å². The van der Waals surface area contributed by atoms with Gasteiger partial charge in [-0.05, 0) is 42.8 Å². The van der Waals surface area contributed by atoms with Crippen LogP contribution in [0.2, 0.25) is 0 Å². The van der Waals surface area contributed by atoms with Gasteiger partial charge in [-0.3, -0.25) is 0 Å². The number of aryl methyl sites for hydroxylation is 1. The first-order chi connectivity index (χ1) is 9.29. The van der Waals surface area contributed by atoms with Gasteiger partial charge in [0.25, 0.3) is 0 Å². The van der Waals surface area contributed by atoms with Gasteiger partial charge in [-0.2, -0.15) is 0 Å². The van der Waals surface area contributed by atoms with Crippen molar-refractivity contribution in [1.82, 2.24) is 0 Å². The summed E-state index contributed by atoms with van der Waals surface area (Å²) in [5.74, 6) is 0.962. The third-order valence-corrected chi connectivity index (χ3v) is 4.43. The number of hydrogen-bond donors (Lipinski definition) is 1. The van der Waals surface area contributed by atoms with Gasteiger partial charge in [0.05, 0.1) is 10.6 Å². The molecule has 0 aliphatic heterocycles. The molecule has 2 N–H and O–H groups in total. The fourth-order valence-corrected chi connectivity index (χ4v) is 3.08. The van der Waals surface area contributed by atoms with Crippen LogP contribution < -0.4 is 10.5 Å². The van der Waals surface area contributed by atoms with Gasteiger partial charge in [-0.25, -0.2) is 8.42 Å². The molecule has 2 aromatic rings. The number of nitrogens with two attached hydrogens (primary N) is 1. The third-order valence-electron chi connectivity index (χ3n) is 2.78. The topological polar surface area (TPSA) is 69.4 Å². The van der Waals surface area contributed by atoms with E-state index in [-0.39, 0.29) is 10.6 Å². The molecule has 0 atom stereocenters. The summed E-state index contributed by atoms with van der Waals surface area (Å²) < 4.78 is 29.9. The van der Waals surface area contributed by atoms with Crippen LogP contribution in [-0.4, -0.2) is 14.7 Å². The summed E-state index contributed by atoms with van der Waals surface area (Å²) in [5, 5.41) is 0. The molecule has 20 heavy (non-hydrogen) atoms. The molecule has 0 fully saturated rings. The molecular weight excluding hydrogens is 342 g/mol. The molecule has 2 rings (SSSR count). The number of halogens is 1. The average Bonchev–Trinajstić information content (AvgIpc) is 2.33. The van der Waals surface area contributed by atoms with E-state index in [0.717, 1.165) is 16.3 Å². The second-order valence-electron chi connectivity index (χ2n) is 4.45. The summed E-state index contributed by atoms with van der Waals surface area (Å²) in [4.78, 5) is 0.0739. The van der Waals surface area contributed by atoms with Gasteiger partial charge in [0.1, 0.15) is 5.75 Å². The number of rotatable bonds is 3. The zero-order valence-corrected chi connectivity index (χ0v) is 13.5. The first-order valence-electron chi connectivity index (χ1n) is 5.81. The lowest BCUT2D eigenvalue weighted by atomic mass is 10.2. The fraction of sp³-hybridized carbons (Fsp3) is 0.143. The Bertz CT molecular complexity index is 757. The van der Waals surface area contributed by atoms with Gasteiger partial charge in [0.15, 0.2) is 15.6 Å². The molecule has 0 heterocycles. The highest BCUT2D eigenvalue weighted by atomic mass is 79.9. The summed E-state index contributed by atoms with van der Waals surface area (Å²) in [5.41, 5.74) is 6.93. The number of para-hydroxylation sites is 1. The number of sulfone groups is 1. The minimum atomic E-state index is -3.38. The number of benzene rings is 2. The SMILES string of the molecule is Cc1cc(Br)ccc1Oc1cccc(S(C)(=O)=O)c1N. The fourth-order valence-electron chi connectivity index (χ4n) is 1.78. The first-order valence-corrected chi connectivity index (χ1v) is 8.50. The summed E-state index contributed by atoms with van der Waals surface area (Å²) in [6.07, 6.45) is 1.12.